The van der Waals surface area contributed by atoms with Crippen LogP contribution in [0.15, 0.2) is 60.7 Å². The van der Waals surface area contributed by atoms with Crippen molar-refractivity contribution in [2.75, 3.05) is 0 Å². The molecule has 4 nitrogen and oxygen atoms in total. The van der Waals surface area contributed by atoms with Gasteiger partial charge in [0.1, 0.15) is 5.82 Å². The van der Waals surface area contributed by atoms with Crippen LogP contribution in [0.5, 0.6) is 0 Å². The van der Waals surface area contributed by atoms with Crippen molar-refractivity contribution < 1.29 is 24.5 Å². The highest BCUT2D eigenvalue weighted by molar-refractivity contribution is 5.87. The second kappa shape index (κ2) is 9.81. The smallest absolute Gasteiger partial charge is 0.335 e. The van der Waals surface area contributed by atoms with Gasteiger partial charge in [-0.05, 0) is 72.9 Å². The lowest BCUT2D eigenvalue weighted by Gasteiger charge is -2.20. The highest BCUT2D eigenvalue weighted by Gasteiger charge is 2.32. The maximum absolute atomic E-state index is 13.3. The second-order valence-corrected chi connectivity index (χ2v) is 7.80. The number of carbonyl (C=O) groups is 1. The maximum Gasteiger partial charge on any atom is 0.335 e. The van der Waals surface area contributed by atoms with Crippen molar-refractivity contribution in [1.82, 2.24) is 0 Å². The highest BCUT2D eigenvalue weighted by atomic mass is 19.1. The number of aliphatic hydroxyl groups is 2. The molecular weight excluding hydrogens is 371 g/mol. The zero-order chi connectivity index (χ0) is 20.8. The molecule has 0 radical (unpaired) electrons. The Morgan fingerprint density at radius 3 is 2.59 bits per heavy atom. The summed E-state index contributed by atoms with van der Waals surface area (Å²) in [4.78, 5) is 10.9. The topological polar surface area (TPSA) is 77.8 Å². The number of benzene rings is 2. The fraction of sp³-hybridized carbons (Fsp3) is 0.375. The molecule has 1 fully saturated rings. The summed E-state index contributed by atoms with van der Waals surface area (Å²) in [5.41, 5.74) is 2.06. The van der Waals surface area contributed by atoms with Crippen molar-refractivity contribution in [2.24, 2.45) is 11.8 Å². The number of allylic oxidation sites excluding steroid dienone is 1. The van der Waals surface area contributed by atoms with E-state index >= 15 is 0 Å². The second-order valence-electron chi connectivity index (χ2n) is 7.80. The van der Waals surface area contributed by atoms with Crippen molar-refractivity contribution in [3.63, 3.8) is 0 Å². The Morgan fingerprint density at radius 1 is 1.14 bits per heavy atom. The summed E-state index contributed by atoms with van der Waals surface area (Å²) in [6, 6.07) is 13.1. The average Bonchev–Trinajstić information content (AvgIpc) is 3.04. The lowest BCUT2D eigenvalue weighted by molar-refractivity contribution is 0.0697. The Hall–Kier alpha value is -2.50. The fourth-order valence-corrected chi connectivity index (χ4v) is 4.11. The molecule has 0 spiro atoms. The molecule has 3 N–H and O–H groups in total. The molecule has 29 heavy (non-hydrogen) atoms. The fourth-order valence-electron chi connectivity index (χ4n) is 4.11. The Labute approximate surface area is 170 Å². The van der Waals surface area contributed by atoms with E-state index in [1.807, 2.05) is 18.2 Å². The quantitative estimate of drug-likeness (QED) is 0.588. The standard InChI is InChI=1S/C24H27FO4/c25-20-3-1-2-17(14-20)15-21(26)11-9-18-10-13-23(27)22(18)12-6-16-4-7-19(8-5-16)24(28)29/h1-5,7-9,11,14,18,21-23,26-27H,6,10,12-13,15H2,(H,28,29). The Balaban J connectivity index is 1.55. The van der Waals surface area contributed by atoms with Crippen molar-refractivity contribution in [3.05, 3.63) is 83.2 Å². The molecule has 0 heterocycles. The van der Waals surface area contributed by atoms with Gasteiger partial charge in [0.05, 0.1) is 17.8 Å². The molecule has 0 amide bonds. The summed E-state index contributed by atoms with van der Waals surface area (Å²) in [6.45, 7) is 0. The predicted molar refractivity (Wildman–Crippen MR) is 109 cm³/mol. The zero-order valence-corrected chi connectivity index (χ0v) is 16.2. The maximum atomic E-state index is 13.3. The van der Waals surface area contributed by atoms with Gasteiger partial charge in [0.15, 0.2) is 0 Å². The summed E-state index contributed by atoms with van der Waals surface area (Å²) in [5.74, 6) is -0.962. The van der Waals surface area contributed by atoms with Crippen LogP contribution in [0.4, 0.5) is 4.39 Å². The number of aromatic carboxylic acids is 1. The Kier molecular flexibility index (Phi) is 7.18. The molecule has 3 rings (SSSR count). The molecule has 2 aromatic rings. The van der Waals surface area contributed by atoms with Crippen LogP contribution in [0.25, 0.3) is 0 Å². The van der Waals surface area contributed by atoms with E-state index in [1.54, 1.807) is 30.3 Å². The van der Waals surface area contributed by atoms with Gasteiger partial charge in [-0.1, -0.05) is 36.4 Å². The SMILES string of the molecule is O=C(O)c1ccc(CCC2C(O)CCC2C=CC(O)Cc2cccc(F)c2)cc1. The average molecular weight is 398 g/mol. The normalized spacial score (nSPS) is 22.8. The molecule has 1 aliphatic carbocycles. The molecule has 1 aliphatic rings. The lowest BCUT2D eigenvalue weighted by Crippen LogP contribution is -2.19. The number of aliphatic hydroxyl groups excluding tert-OH is 2. The minimum atomic E-state index is -0.940. The molecule has 0 bridgehead atoms. The summed E-state index contributed by atoms with van der Waals surface area (Å²) in [5, 5.41) is 29.6. The van der Waals surface area contributed by atoms with Gasteiger partial charge < -0.3 is 15.3 Å². The minimum absolute atomic E-state index is 0.103. The minimum Gasteiger partial charge on any atom is -0.478 e. The molecule has 0 saturated heterocycles. The Bertz CT molecular complexity index is 846. The van der Waals surface area contributed by atoms with Crippen LogP contribution in [-0.4, -0.2) is 33.5 Å². The van der Waals surface area contributed by atoms with Gasteiger partial charge in [-0.2, -0.15) is 0 Å². The van der Waals surface area contributed by atoms with E-state index in [-0.39, 0.29) is 29.3 Å². The summed E-state index contributed by atoms with van der Waals surface area (Å²) >= 11 is 0. The summed E-state index contributed by atoms with van der Waals surface area (Å²) < 4.78 is 13.3. The summed E-state index contributed by atoms with van der Waals surface area (Å²) in [6.07, 6.45) is 6.18. The molecule has 0 aliphatic heterocycles. The molecule has 5 heteroatoms. The van der Waals surface area contributed by atoms with E-state index in [0.29, 0.717) is 6.42 Å². The van der Waals surface area contributed by atoms with E-state index < -0.39 is 12.1 Å². The first kappa shape index (κ1) is 21.2. The van der Waals surface area contributed by atoms with Gasteiger partial charge in [0.2, 0.25) is 0 Å². The molecular formula is C24H27FO4. The first-order valence-corrected chi connectivity index (χ1v) is 10.0. The van der Waals surface area contributed by atoms with Crippen LogP contribution in [0.2, 0.25) is 0 Å². The predicted octanol–water partition coefficient (Wildman–Crippen LogP) is 4.00. The first-order valence-electron chi connectivity index (χ1n) is 10.0. The number of aryl methyl sites for hydroxylation is 1. The van der Waals surface area contributed by atoms with E-state index in [2.05, 4.69) is 0 Å². The van der Waals surface area contributed by atoms with Gasteiger partial charge in [-0.25, -0.2) is 9.18 Å². The van der Waals surface area contributed by atoms with Crippen LogP contribution < -0.4 is 0 Å². The highest BCUT2D eigenvalue weighted by Crippen LogP contribution is 2.36. The zero-order valence-electron chi connectivity index (χ0n) is 16.2. The third-order valence-corrected chi connectivity index (χ3v) is 5.72. The molecule has 1 saturated carbocycles. The molecule has 0 aromatic heterocycles. The van der Waals surface area contributed by atoms with Crippen molar-refractivity contribution in [2.45, 2.75) is 44.3 Å². The van der Waals surface area contributed by atoms with Crippen LogP contribution in [0.3, 0.4) is 0 Å². The monoisotopic (exact) mass is 398 g/mol. The number of hydrogen-bond acceptors (Lipinski definition) is 3. The van der Waals surface area contributed by atoms with Crippen LogP contribution in [0, 0.1) is 17.7 Å². The number of rotatable bonds is 8. The number of hydrogen-bond donors (Lipinski definition) is 3. The van der Waals surface area contributed by atoms with Crippen molar-refractivity contribution in [1.29, 1.82) is 0 Å². The molecule has 2 aromatic carbocycles. The van der Waals surface area contributed by atoms with Crippen molar-refractivity contribution in [3.8, 4) is 0 Å². The van der Waals surface area contributed by atoms with Gasteiger partial charge >= 0.3 is 5.97 Å². The van der Waals surface area contributed by atoms with E-state index in [1.165, 1.54) is 12.1 Å². The van der Waals surface area contributed by atoms with Crippen LogP contribution in [-0.2, 0) is 12.8 Å². The number of carboxylic acids is 1. The van der Waals surface area contributed by atoms with E-state index in [0.717, 1.165) is 36.8 Å². The van der Waals surface area contributed by atoms with Gasteiger partial charge in [0, 0.05) is 6.42 Å². The molecule has 154 valence electrons. The van der Waals surface area contributed by atoms with Gasteiger partial charge in [-0.3, -0.25) is 0 Å². The molecule has 4 atom stereocenters. The number of carboxylic acid groups (broad SMARTS) is 1. The van der Waals surface area contributed by atoms with Gasteiger partial charge in [0.25, 0.3) is 0 Å². The first-order chi connectivity index (χ1) is 13.9. The van der Waals surface area contributed by atoms with Gasteiger partial charge in [-0.15, -0.1) is 0 Å². The summed E-state index contributed by atoms with van der Waals surface area (Å²) in [7, 11) is 0. The van der Waals surface area contributed by atoms with E-state index in [9.17, 15) is 19.4 Å². The Morgan fingerprint density at radius 2 is 1.90 bits per heavy atom. The lowest BCUT2D eigenvalue weighted by atomic mass is 9.88. The third-order valence-electron chi connectivity index (χ3n) is 5.72. The number of halogens is 1. The largest absolute Gasteiger partial charge is 0.478 e. The van der Waals surface area contributed by atoms with Crippen LogP contribution in [0.1, 0.15) is 40.7 Å². The third kappa shape index (κ3) is 5.99. The molecule has 4 unspecified atom stereocenters. The van der Waals surface area contributed by atoms with Crippen molar-refractivity contribution >= 4 is 5.97 Å². The van der Waals surface area contributed by atoms with Crippen LogP contribution >= 0.6 is 0 Å². The van der Waals surface area contributed by atoms with E-state index in [4.69, 9.17) is 5.11 Å².